The summed E-state index contributed by atoms with van der Waals surface area (Å²) in [5.41, 5.74) is -1.95. The van der Waals surface area contributed by atoms with E-state index < -0.39 is 17.3 Å². The number of hydrogen-bond acceptors (Lipinski definition) is 2. The highest BCUT2D eigenvalue weighted by Gasteiger charge is 2.38. The maximum Gasteiger partial charge on any atom is 0.405 e. The van der Waals surface area contributed by atoms with Gasteiger partial charge in [0, 0.05) is 12.0 Å². The van der Waals surface area contributed by atoms with Gasteiger partial charge in [-0.1, -0.05) is 0 Å². The molecule has 0 spiro atoms. The van der Waals surface area contributed by atoms with Gasteiger partial charge in [0.15, 0.2) is 0 Å². The van der Waals surface area contributed by atoms with Gasteiger partial charge in [0.25, 0.3) is 0 Å². The Kier molecular flexibility index (Phi) is 3.54. The Bertz CT molecular complexity index is 238. The molecule has 1 aliphatic heterocycles. The normalized spacial score (nSPS) is 21.0. The zero-order chi connectivity index (χ0) is 11.5. The largest absolute Gasteiger partial charge is 0.465 e. The van der Waals surface area contributed by atoms with Gasteiger partial charge in [-0.2, -0.15) is 0 Å². The van der Waals surface area contributed by atoms with Crippen LogP contribution in [0.25, 0.3) is 0 Å². The fourth-order valence-corrected chi connectivity index (χ4v) is 2.18. The number of nitrogens with one attached hydrogen (secondary N) is 2. The molecule has 1 heterocycles. The molecule has 0 saturated carbocycles. The van der Waals surface area contributed by atoms with E-state index >= 15 is 0 Å². The summed E-state index contributed by atoms with van der Waals surface area (Å²) >= 11 is 0. The average molecular weight is 218 g/mol. The first-order valence-corrected chi connectivity index (χ1v) is 5.24. The van der Waals surface area contributed by atoms with Crippen molar-refractivity contribution in [3.05, 3.63) is 0 Å². The second-order valence-electron chi connectivity index (χ2n) is 4.89. The van der Waals surface area contributed by atoms with E-state index in [2.05, 4.69) is 10.6 Å². The molecule has 0 bridgehead atoms. The van der Waals surface area contributed by atoms with Crippen molar-refractivity contribution in [2.45, 2.75) is 44.3 Å². The summed E-state index contributed by atoms with van der Waals surface area (Å²) < 4.78 is 14.2. The Morgan fingerprint density at radius 3 is 2.53 bits per heavy atom. The van der Waals surface area contributed by atoms with Gasteiger partial charge in [0.05, 0.1) is 0 Å². The molecule has 15 heavy (non-hydrogen) atoms. The van der Waals surface area contributed by atoms with Crippen LogP contribution in [0.3, 0.4) is 0 Å². The highest BCUT2D eigenvalue weighted by Crippen LogP contribution is 2.32. The second kappa shape index (κ2) is 4.35. The first-order chi connectivity index (χ1) is 6.83. The minimum atomic E-state index is -1.24. The topological polar surface area (TPSA) is 61.4 Å². The van der Waals surface area contributed by atoms with Gasteiger partial charge in [-0.3, -0.25) is 0 Å². The molecule has 0 radical (unpaired) electrons. The van der Waals surface area contributed by atoms with E-state index in [-0.39, 0.29) is 6.42 Å². The number of carboxylic acid groups (broad SMARTS) is 1. The molecule has 3 N–H and O–H groups in total. The predicted molar refractivity (Wildman–Crippen MR) is 55.8 cm³/mol. The minimum absolute atomic E-state index is 0.230. The van der Waals surface area contributed by atoms with Crippen LogP contribution in [0.15, 0.2) is 0 Å². The van der Waals surface area contributed by atoms with Crippen molar-refractivity contribution >= 4 is 6.09 Å². The van der Waals surface area contributed by atoms with Crippen LogP contribution in [0.1, 0.15) is 33.1 Å². The molecule has 1 rings (SSSR count). The zero-order valence-electron chi connectivity index (χ0n) is 9.27. The predicted octanol–water partition coefficient (Wildman–Crippen LogP) is 1.51. The molecule has 1 aliphatic rings. The van der Waals surface area contributed by atoms with E-state index in [4.69, 9.17) is 5.11 Å². The van der Waals surface area contributed by atoms with Crippen LogP contribution in [0.4, 0.5) is 9.18 Å². The third kappa shape index (κ3) is 4.03. The summed E-state index contributed by atoms with van der Waals surface area (Å²) in [7, 11) is 0. The number of carbonyl (C=O) groups is 1. The number of halogens is 1. The molecule has 0 unspecified atom stereocenters. The maximum absolute atomic E-state index is 14.2. The van der Waals surface area contributed by atoms with Gasteiger partial charge in [0.1, 0.15) is 5.67 Å². The van der Waals surface area contributed by atoms with Crippen molar-refractivity contribution in [2.75, 3.05) is 13.1 Å². The van der Waals surface area contributed by atoms with Gasteiger partial charge in [0.2, 0.25) is 0 Å². The molecule has 5 heteroatoms. The Morgan fingerprint density at radius 1 is 1.53 bits per heavy atom. The number of amides is 1. The Hall–Kier alpha value is -0.840. The molecular weight excluding hydrogens is 199 g/mol. The van der Waals surface area contributed by atoms with Crippen LogP contribution in [-0.2, 0) is 0 Å². The summed E-state index contributed by atoms with van der Waals surface area (Å²) in [5.74, 6) is 0. The Balaban J connectivity index is 2.54. The van der Waals surface area contributed by atoms with E-state index in [9.17, 15) is 9.18 Å². The molecule has 4 nitrogen and oxygen atoms in total. The summed E-state index contributed by atoms with van der Waals surface area (Å²) in [6.45, 7) is 4.76. The standard InChI is InChI=1S/C10H19FN2O2/c1-9(2,13-8(14)15)7-10(11)3-5-12-6-4-10/h12-13H,3-7H2,1-2H3,(H,14,15). The lowest BCUT2D eigenvalue weighted by atomic mass is 9.82. The van der Waals surface area contributed by atoms with E-state index in [0.29, 0.717) is 25.9 Å². The number of hydrogen-bond donors (Lipinski definition) is 3. The lowest BCUT2D eigenvalue weighted by molar-refractivity contribution is 0.0720. The van der Waals surface area contributed by atoms with Crippen molar-refractivity contribution in [2.24, 2.45) is 0 Å². The monoisotopic (exact) mass is 218 g/mol. The van der Waals surface area contributed by atoms with E-state index in [0.717, 1.165) is 0 Å². The highest BCUT2D eigenvalue weighted by atomic mass is 19.1. The van der Waals surface area contributed by atoms with Crippen LogP contribution in [-0.4, -0.2) is 35.5 Å². The van der Waals surface area contributed by atoms with Gasteiger partial charge >= 0.3 is 6.09 Å². The quantitative estimate of drug-likeness (QED) is 0.673. The van der Waals surface area contributed by atoms with E-state index in [1.54, 1.807) is 13.8 Å². The fraction of sp³-hybridized carbons (Fsp3) is 0.900. The summed E-state index contributed by atoms with van der Waals surface area (Å²) in [6, 6.07) is 0. The van der Waals surface area contributed by atoms with E-state index in [1.165, 1.54) is 0 Å². The summed E-state index contributed by atoms with van der Waals surface area (Å²) in [5, 5.41) is 14.1. The number of alkyl halides is 1. The third-order valence-corrected chi connectivity index (χ3v) is 2.70. The summed E-state index contributed by atoms with van der Waals surface area (Å²) in [6.07, 6.45) is 0.0428. The first kappa shape index (κ1) is 12.2. The van der Waals surface area contributed by atoms with Crippen molar-refractivity contribution in [1.29, 1.82) is 0 Å². The average Bonchev–Trinajstić information content (AvgIpc) is 1.99. The van der Waals surface area contributed by atoms with Crippen LogP contribution < -0.4 is 10.6 Å². The molecule has 0 aromatic heterocycles. The van der Waals surface area contributed by atoms with Crippen molar-refractivity contribution in [1.82, 2.24) is 10.6 Å². The first-order valence-electron chi connectivity index (χ1n) is 5.24. The molecule has 0 atom stereocenters. The van der Waals surface area contributed by atoms with Crippen molar-refractivity contribution in [3.63, 3.8) is 0 Å². The van der Waals surface area contributed by atoms with Crippen LogP contribution in [0.5, 0.6) is 0 Å². The van der Waals surface area contributed by atoms with Crippen LogP contribution in [0, 0.1) is 0 Å². The molecule has 0 aromatic rings. The van der Waals surface area contributed by atoms with Crippen LogP contribution in [0.2, 0.25) is 0 Å². The third-order valence-electron chi connectivity index (χ3n) is 2.70. The molecule has 1 amide bonds. The number of piperidine rings is 1. The smallest absolute Gasteiger partial charge is 0.405 e. The SMILES string of the molecule is CC(C)(CC1(F)CCNCC1)NC(=O)O. The van der Waals surface area contributed by atoms with Crippen LogP contribution >= 0.6 is 0 Å². The van der Waals surface area contributed by atoms with Crippen molar-refractivity contribution < 1.29 is 14.3 Å². The molecule has 0 aliphatic carbocycles. The zero-order valence-corrected chi connectivity index (χ0v) is 9.27. The minimum Gasteiger partial charge on any atom is -0.465 e. The fourth-order valence-electron chi connectivity index (χ4n) is 2.18. The lowest BCUT2D eigenvalue weighted by Gasteiger charge is -2.36. The second-order valence-corrected chi connectivity index (χ2v) is 4.89. The van der Waals surface area contributed by atoms with E-state index in [1.807, 2.05) is 0 Å². The molecule has 1 saturated heterocycles. The molecule has 1 fully saturated rings. The van der Waals surface area contributed by atoms with Gasteiger partial charge in [-0.25, -0.2) is 9.18 Å². The van der Waals surface area contributed by atoms with Gasteiger partial charge in [-0.05, 0) is 39.8 Å². The molecule has 0 aromatic carbocycles. The molecular formula is C10H19FN2O2. The Morgan fingerprint density at radius 2 is 2.07 bits per heavy atom. The van der Waals surface area contributed by atoms with Gasteiger partial charge in [-0.15, -0.1) is 0 Å². The Labute approximate surface area is 89.2 Å². The highest BCUT2D eigenvalue weighted by molar-refractivity contribution is 5.65. The maximum atomic E-state index is 14.2. The number of rotatable bonds is 3. The lowest BCUT2D eigenvalue weighted by Crippen LogP contribution is -2.50. The van der Waals surface area contributed by atoms with Gasteiger partial charge < -0.3 is 15.7 Å². The van der Waals surface area contributed by atoms with Crippen molar-refractivity contribution in [3.8, 4) is 0 Å². The summed E-state index contributed by atoms with van der Waals surface area (Å²) in [4.78, 5) is 10.5. The molecule has 88 valence electrons.